The molecule has 2 heterocycles. The predicted molar refractivity (Wildman–Crippen MR) is 114 cm³/mol. The molecule has 7 nitrogen and oxygen atoms in total. The quantitative estimate of drug-likeness (QED) is 0.450. The van der Waals surface area contributed by atoms with Gasteiger partial charge in [0.15, 0.2) is 5.82 Å². The number of halogens is 2. The predicted octanol–water partition coefficient (Wildman–Crippen LogP) is 4.78. The number of anilines is 1. The maximum absolute atomic E-state index is 14.6. The molecule has 1 N–H and O–H groups in total. The maximum atomic E-state index is 14.6. The molecule has 0 unspecified atom stereocenters. The fourth-order valence-corrected chi connectivity index (χ4v) is 3.33. The Morgan fingerprint density at radius 2 is 1.88 bits per heavy atom. The van der Waals surface area contributed by atoms with Crippen molar-refractivity contribution in [3.8, 4) is 17.1 Å². The molecule has 0 saturated carbocycles. The molecule has 0 radical (unpaired) electrons. The third-order valence-electron chi connectivity index (χ3n) is 4.83. The van der Waals surface area contributed by atoms with Gasteiger partial charge in [0, 0.05) is 29.8 Å². The molecule has 0 aliphatic heterocycles. The lowest BCUT2D eigenvalue weighted by Gasteiger charge is -2.09. The van der Waals surface area contributed by atoms with Gasteiger partial charge in [-0.2, -0.15) is 10.1 Å². The van der Waals surface area contributed by atoms with Gasteiger partial charge in [0.05, 0.1) is 5.69 Å². The number of nitrogens with one attached hydrogen (secondary N) is 1. The molecule has 0 atom stereocenters. The van der Waals surface area contributed by atoms with Crippen LogP contribution >= 0.6 is 0 Å². The molecule has 0 bridgehead atoms. The first-order chi connectivity index (χ1) is 15.4. The topological polar surface area (TPSA) is 85.8 Å². The number of nitrogens with zero attached hydrogens (tertiary/aromatic N) is 4. The van der Waals surface area contributed by atoms with Crippen molar-refractivity contribution in [3.05, 3.63) is 77.4 Å². The monoisotopic (exact) mass is 437 g/mol. The van der Waals surface area contributed by atoms with Gasteiger partial charge >= 0.3 is 0 Å². The minimum atomic E-state index is -0.479. The maximum Gasteiger partial charge on any atom is 0.226 e. The summed E-state index contributed by atoms with van der Waals surface area (Å²) in [7, 11) is 0. The molecular formula is C23H21F2N5O2. The first-order valence-electron chi connectivity index (χ1n) is 10.1. The van der Waals surface area contributed by atoms with Crippen LogP contribution in [0.4, 0.5) is 14.5 Å². The number of hydrogen-bond donors (Lipinski definition) is 1. The molecule has 2 aromatic carbocycles. The number of hydrogen-bond acceptors (Lipinski definition) is 5. The molecule has 0 spiro atoms. The van der Waals surface area contributed by atoms with Crippen LogP contribution < -0.4 is 5.32 Å². The lowest BCUT2D eigenvalue weighted by atomic mass is 10.2. The molecule has 4 rings (SSSR count). The molecule has 0 fully saturated rings. The Morgan fingerprint density at radius 3 is 2.56 bits per heavy atom. The van der Waals surface area contributed by atoms with Gasteiger partial charge in [-0.25, -0.2) is 13.5 Å². The number of benzene rings is 2. The summed E-state index contributed by atoms with van der Waals surface area (Å²) in [4.78, 5) is 16.5. The molecule has 0 saturated heterocycles. The van der Waals surface area contributed by atoms with E-state index < -0.39 is 5.82 Å². The third kappa shape index (κ3) is 4.88. The average molecular weight is 437 g/mol. The third-order valence-corrected chi connectivity index (χ3v) is 4.83. The zero-order chi connectivity index (χ0) is 22.7. The lowest BCUT2D eigenvalue weighted by Crippen LogP contribution is -2.12. The number of aryl methyl sites for hydroxylation is 3. The zero-order valence-electron chi connectivity index (χ0n) is 17.6. The zero-order valence-corrected chi connectivity index (χ0v) is 17.6. The Bertz CT molecular complexity index is 1250. The second-order valence-electron chi connectivity index (χ2n) is 7.43. The van der Waals surface area contributed by atoms with E-state index in [1.807, 2.05) is 19.9 Å². The van der Waals surface area contributed by atoms with Crippen molar-refractivity contribution < 1.29 is 18.1 Å². The van der Waals surface area contributed by atoms with Crippen molar-refractivity contribution in [1.29, 1.82) is 0 Å². The summed E-state index contributed by atoms with van der Waals surface area (Å²) in [6.45, 7) is 3.69. The normalized spacial score (nSPS) is 11.0. The van der Waals surface area contributed by atoms with Gasteiger partial charge in [-0.05, 0) is 68.8 Å². The van der Waals surface area contributed by atoms with Crippen LogP contribution in [-0.2, 0) is 11.2 Å². The van der Waals surface area contributed by atoms with Gasteiger partial charge in [0.2, 0.25) is 17.6 Å². The van der Waals surface area contributed by atoms with E-state index in [-0.39, 0.29) is 18.1 Å². The highest BCUT2D eigenvalue weighted by Crippen LogP contribution is 2.21. The van der Waals surface area contributed by atoms with E-state index >= 15 is 0 Å². The largest absolute Gasteiger partial charge is 0.339 e. The summed E-state index contributed by atoms with van der Waals surface area (Å²) >= 11 is 0. The van der Waals surface area contributed by atoms with E-state index in [1.165, 1.54) is 22.9 Å². The Balaban J connectivity index is 1.30. The van der Waals surface area contributed by atoms with Crippen LogP contribution in [-0.4, -0.2) is 25.8 Å². The molecule has 0 aliphatic carbocycles. The van der Waals surface area contributed by atoms with Crippen LogP contribution in [0.25, 0.3) is 17.1 Å². The summed E-state index contributed by atoms with van der Waals surface area (Å²) in [6.07, 6.45) is 1.09. The van der Waals surface area contributed by atoms with E-state index in [2.05, 4.69) is 20.6 Å². The van der Waals surface area contributed by atoms with E-state index in [0.29, 0.717) is 41.5 Å². The van der Waals surface area contributed by atoms with Crippen LogP contribution in [0, 0.1) is 25.5 Å². The van der Waals surface area contributed by atoms with Crippen LogP contribution in [0.3, 0.4) is 0 Å². The van der Waals surface area contributed by atoms with Crippen LogP contribution in [0.2, 0.25) is 0 Å². The Morgan fingerprint density at radius 1 is 1.09 bits per heavy atom. The summed E-state index contributed by atoms with van der Waals surface area (Å²) in [5.74, 6) is -0.320. The second kappa shape index (κ2) is 9.09. The molecule has 32 heavy (non-hydrogen) atoms. The smallest absolute Gasteiger partial charge is 0.226 e. The van der Waals surface area contributed by atoms with Gasteiger partial charge in [0.1, 0.15) is 11.5 Å². The molecular weight excluding hydrogens is 416 g/mol. The highest BCUT2D eigenvalue weighted by molar-refractivity contribution is 5.90. The summed E-state index contributed by atoms with van der Waals surface area (Å²) in [6, 6.07) is 12.1. The average Bonchev–Trinajstić information content (AvgIpc) is 3.35. The summed E-state index contributed by atoms with van der Waals surface area (Å²) in [5, 5.41) is 10.8. The number of carbonyl (C=O) groups excluding carboxylic acids is 1. The van der Waals surface area contributed by atoms with Crippen molar-refractivity contribution in [1.82, 2.24) is 19.9 Å². The van der Waals surface area contributed by atoms with Gasteiger partial charge in [0.25, 0.3) is 0 Å². The Labute approximate surface area is 183 Å². The van der Waals surface area contributed by atoms with Crippen molar-refractivity contribution in [2.45, 2.75) is 33.1 Å². The number of amides is 1. The minimum absolute atomic E-state index is 0.203. The van der Waals surface area contributed by atoms with Crippen molar-refractivity contribution >= 4 is 11.6 Å². The Kier molecular flexibility index (Phi) is 6.07. The standard InChI is InChI=1S/C23H21F2N5O2/c1-14-12-15(2)30(28-14)20-11-10-18(13-19(20)25)26-21(31)4-3-5-22-27-23(29-32-22)16-6-8-17(24)9-7-16/h6-13H,3-5H2,1-2H3,(H,26,31). The van der Waals surface area contributed by atoms with Crippen molar-refractivity contribution in [3.63, 3.8) is 0 Å². The van der Waals surface area contributed by atoms with Gasteiger partial charge in [-0.15, -0.1) is 0 Å². The SMILES string of the molecule is Cc1cc(C)n(-c2ccc(NC(=O)CCCc3nc(-c4ccc(F)cc4)no3)cc2F)n1. The molecule has 164 valence electrons. The molecule has 4 aromatic rings. The highest BCUT2D eigenvalue weighted by atomic mass is 19.1. The van der Waals surface area contributed by atoms with Crippen LogP contribution in [0.5, 0.6) is 0 Å². The fraction of sp³-hybridized carbons (Fsp3) is 0.217. The number of rotatable bonds is 7. The van der Waals surface area contributed by atoms with Gasteiger partial charge in [-0.1, -0.05) is 5.16 Å². The van der Waals surface area contributed by atoms with E-state index in [1.54, 1.807) is 24.3 Å². The molecule has 2 aromatic heterocycles. The van der Waals surface area contributed by atoms with E-state index in [9.17, 15) is 13.6 Å². The summed E-state index contributed by atoms with van der Waals surface area (Å²) < 4.78 is 34.3. The minimum Gasteiger partial charge on any atom is -0.339 e. The van der Waals surface area contributed by atoms with Crippen molar-refractivity contribution in [2.24, 2.45) is 0 Å². The van der Waals surface area contributed by atoms with Gasteiger partial charge < -0.3 is 9.84 Å². The van der Waals surface area contributed by atoms with Gasteiger partial charge in [-0.3, -0.25) is 4.79 Å². The number of carbonyl (C=O) groups is 1. The first-order valence-corrected chi connectivity index (χ1v) is 10.1. The van der Waals surface area contributed by atoms with Crippen LogP contribution in [0.1, 0.15) is 30.1 Å². The van der Waals surface area contributed by atoms with Crippen molar-refractivity contribution in [2.75, 3.05) is 5.32 Å². The fourth-order valence-electron chi connectivity index (χ4n) is 3.33. The van der Waals surface area contributed by atoms with E-state index in [4.69, 9.17) is 4.52 Å². The van der Waals surface area contributed by atoms with E-state index in [0.717, 1.165) is 11.4 Å². The molecule has 1 amide bonds. The van der Waals surface area contributed by atoms with Crippen LogP contribution in [0.15, 0.2) is 53.1 Å². The number of aromatic nitrogens is 4. The highest BCUT2D eigenvalue weighted by Gasteiger charge is 2.12. The second-order valence-corrected chi connectivity index (χ2v) is 7.43. The lowest BCUT2D eigenvalue weighted by molar-refractivity contribution is -0.116. The molecule has 9 heteroatoms. The summed E-state index contributed by atoms with van der Waals surface area (Å²) in [5.41, 5.74) is 2.95. The first kappa shape index (κ1) is 21.4. The molecule has 0 aliphatic rings. The Hall–Kier alpha value is -3.88.